The molecular weight excluding hydrogens is 549 g/mol. The molecule has 6 rings (SSSR count). The number of fused-ring (bicyclic) bond motifs is 1. The van der Waals surface area contributed by atoms with Crippen LogP contribution < -0.4 is 22.3 Å². The lowest BCUT2D eigenvalue weighted by Crippen LogP contribution is -2.20. The largest absolute Gasteiger partial charge is 0.403 e. The maximum atomic E-state index is 15.2. The van der Waals surface area contributed by atoms with Crippen molar-refractivity contribution in [2.45, 2.75) is 31.9 Å². The van der Waals surface area contributed by atoms with Crippen molar-refractivity contribution >= 4 is 28.9 Å². The number of nitrogens with one attached hydrogen (secondary N) is 1. The van der Waals surface area contributed by atoms with Crippen LogP contribution in [0.3, 0.4) is 0 Å². The van der Waals surface area contributed by atoms with Gasteiger partial charge in [-0.25, -0.2) is 4.39 Å². The number of anilines is 2. The maximum Gasteiger partial charge on any atom is 0.265 e. The van der Waals surface area contributed by atoms with Crippen molar-refractivity contribution in [2.24, 2.45) is 10.7 Å². The van der Waals surface area contributed by atoms with Gasteiger partial charge in [0, 0.05) is 35.9 Å². The van der Waals surface area contributed by atoms with Crippen LogP contribution in [-0.4, -0.2) is 35.8 Å². The zero-order valence-electron chi connectivity index (χ0n) is 23.0. The number of rotatable bonds is 9. The summed E-state index contributed by atoms with van der Waals surface area (Å²) in [4.78, 5) is 35.0. The van der Waals surface area contributed by atoms with E-state index in [4.69, 9.17) is 11.5 Å². The van der Waals surface area contributed by atoms with E-state index in [0.717, 1.165) is 24.1 Å². The molecule has 0 unspecified atom stereocenters. The summed E-state index contributed by atoms with van der Waals surface area (Å²) >= 11 is 0. The predicted molar refractivity (Wildman–Crippen MR) is 163 cm³/mol. The van der Waals surface area contributed by atoms with Crippen molar-refractivity contribution in [3.05, 3.63) is 112 Å². The molecule has 0 bridgehead atoms. The van der Waals surface area contributed by atoms with Crippen molar-refractivity contribution in [1.82, 2.24) is 24.5 Å². The highest BCUT2D eigenvalue weighted by molar-refractivity contribution is 5.84. The molecule has 43 heavy (non-hydrogen) atoms. The van der Waals surface area contributed by atoms with Crippen LogP contribution in [0.15, 0.2) is 88.7 Å². The smallest absolute Gasteiger partial charge is 0.265 e. The van der Waals surface area contributed by atoms with E-state index < -0.39 is 18.0 Å². The minimum absolute atomic E-state index is 0.0112. The van der Waals surface area contributed by atoms with E-state index in [1.807, 2.05) is 24.3 Å². The summed E-state index contributed by atoms with van der Waals surface area (Å²) in [5, 5.41) is 13.9. The third kappa shape index (κ3) is 5.81. The van der Waals surface area contributed by atoms with Crippen LogP contribution >= 0.6 is 0 Å². The number of aliphatic hydroxyl groups is 1. The molecule has 1 aliphatic rings. The molecular formula is C31H28FN9O2. The quantitative estimate of drug-likeness (QED) is 0.190. The van der Waals surface area contributed by atoms with Gasteiger partial charge in [0.15, 0.2) is 5.82 Å². The van der Waals surface area contributed by atoms with Crippen LogP contribution in [0, 0.1) is 5.82 Å². The summed E-state index contributed by atoms with van der Waals surface area (Å²) in [6.07, 6.45) is 8.14. The van der Waals surface area contributed by atoms with Crippen LogP contribution in [0.4, 0.5) is 16.3 Å². The molecule has 3 aromatic heterocycles. The summed E-state index contributed by atoms with van der Waals surface area (Å²) in [7, 11) is 0. The molecule has 2 aromatic carbocycles. The van der Waals surface area contributed by atoms with Gasteiger partial charge in [-0.1, -0.05) is 24.3 Å². The van der Waals surface area contributed by atoms with Crippen molar-refractivity contribution in [3.63, 3.8) is 0 Å². The SMILES string of the molecule is N/C=C(\C=N/Cc1ccccn1)Nc1nc(N)nc(-c2cccc(-n3ccc4cc(C5CC5)cc(F)c4c3=O)c2CO)n1. The fourth-order valence-corrected chi connectivity index (χ4v) is 4.91. The molecule has 0 amide bonds. The van der Waals surface area contributed by atoms with Crippen LogP contribution in [-0.2, 0) is 13.2 Å². The highest BCUT2D eigenvalue weighted by Gasteiger charge is 2.25. The molecule has 1 saturated carbocycles. The van der Waals surface area contributed by atoms with Gasteiger partial charge in [-0.05, 0) is 60.0 Å². The summed E-state index contributed by atoms with van der Waals surface area (Å²) in [6.45, 7) is -0.113. The summed E-state index contributed by atoms with van der Waals surface area (Å²) < 4.78 is 16.5. The second kappa shape index (κ2) is 11.8. The van der Waals surface area contributed by atoms with E-state index in [9.17, 15) is 9.90 Å². The van der Waals surface area contributed by atoms with Crippen molar-refractivity contribution in [2.75, 3.05) is 11.1 Å². The normalized spacial score (nSPS) is 13.6. The minimum atomic E-state index is -0.561. The van der Waals surface area contributed by atoms with Crippen molar-refractivity contribution in [1.29, 1.82) is 0 Å². The van der Waals surface area contributed by atoms with E-state index in [0.29, 0.717) is 40.4 Å². The summed E-state index contributed by atoms with van der Waals surface area (Å²) in [5.41, 5.74) is 14.5. The predicted octanol–water partition coefficient (Wildman–Crippen LogP) is 3.81. The fourth-order valence-electron chi connectivity index (χ4n) is 4.91. The summed E-state index contributed by atoms with van der Waals surface area (Å²) in [5.74, 6) is -0.0544. The Bertz CT molecular complexity index is 1940. The molecule has 0 saturated heterocycles. The molecule has 1 aliphatic carbocycles. The lowest BCUT2D eigenvalue weighted by atomic mass is 10.0. The molecule has 0 aliphatic heterocycles. The highest BCUT2D eigenvalue weighted by Crippen LogP contribution is 2.41. The number of aromatic nitrogens is 5. The topological polar surface area (TPSA) is 170 Å². The van der Waals surface area contributed by atoms with E-state index in [-0.39, 0.29) is 23.1 Å². The number of nitrogens with two attached hydrogens (primary N) is 2. The Morgan fingerprint density at radius 2 is 2.00 bits per heavy atom. The van der Waals surface area contributed by atoms with Crippen molar-refractivity contribution < 1.29 is 9.50 Å². The van der Waals surface area contributed by atoms with Crippen LogP contribution in [0.25, 0.3) is 27.8 Å². The summed E-state index contributed by atoms with van der Waals surface area (Å²) in [6, 6.07) is 15.6. The molecule has 11 nitrogen and oxygen atoms in total. The number of aliphatic hydroxyl groups excluding tert-OH is 1. The van der Waals surface area contributed by atoms with Gasteiger partial charge >= 0.3 is 0 Å². The highest BCUT2D eigenvalue weighted by atomic mass is 19.1. The molecule has 1 fully saturated rings. The van der Waals surface area contributed by atoms with Crippen LogP contribution in [0.1, 0.15) is 35.6 Å². The second-order valence-corrected chi connectivity index (χ2v) is 10.1. The van der Waals surface area contributed by atoms with Crippen molar-refractivity contribution in [3.8, 4) is 17.1 Å². The molecule has 0 spiro atoms. The number of aliphatic imine (C=N–C) groups is 1. The Hall–Kier alpha value is -5.49. The number of benzene rings is 2. The van der Waals surface area contributed by atoms with E-state index in [2.05, 4.69) is 30.2 Å². The zero-order valence-corrected chi connectivity index (χ0v) is 23.0. The fraction of sp³-hybridized carbons (Fsp3) is 0.161. The first-order chi connectivity index (χ1) is 20.9. The number of hydrogen-bond acceptors (Lipinski definition) is 10. The van der Waals surface area contributed by atoms with Gasteiger partial charge in [0.1, 0.15) is 5.82 Å². The number of nitrogen functional groups attached to an aromatic ring is 1. The first kappa shape index (κ1) is 27.7. The van der Waals surface area contributed by atoms with Gasteiger partial charge in [-0.2, -0.15) is 15.0 Å². The standard InChI is InChI=1S/C31H28FN9O2/c32-25-13-20(18-7-8-18)12-19-9-11-41(29(43)27(19)25)26-6-3-5-23(24(26)17-42)28-38-30(34)40-31(39-28)37-22(14-33)16-35-15-21-4-1-2-10-36-21/h1-6,9-14,16,18,42H,7-8,15,17,33H2,(H3,34,37,38,39,40)/b22-14+,35-16-. The third-order valence-corrected chi connectivity index (χ3v) is 7.14. The number of halogens is 1. The van der Waals surface area contributed by atoms with E-state index in [1.165, 1.54) is 23.0 Å². The molecule has 6 N–H and O–H groups in total. The molecule has 12 heteroatoms. The Balaban J connectivity index is 1.34. The molecule has 216 valence electrons. The molecule has 5 aromatic rings. The number of hydrogen-bond donors (Lipinski definition) is 4. The van der Waals surface area contributed by atoms with Crippen LogP contribution in [0.5, 0.6) is 0 Å². The lowest BCUT2D eigenvalue weighted by molar-refractivity contribution is 0.282. The average Bonchev–Trinajstić information content (AvgIpc) is 3.86. The van der Waals surface area contributed by atoms with E-state index in [1.54, 1.807) is 36.7 Å². The third-order valence-electron chi connectivity index (χ3n) is 7.14. The second-order valence-electron chi connectivity index (χ2n) is 10.1. The zero-order chi connectivity index (χ0) is 29.9. The van der Waals surface area contributed by atoms with E-state index >= 15 is 4.39 Å². The maximum absolute atomic E-state index is 15.2. The van der Waals surface area contributed by atoms with Gasteiger partial charge < -0.3 is 21.9 Å². The first-order valence-corrected chi connectivity index (χ1v) is 13.6. The van der Waals surface area contributed by atoms with Crippen LogP contribution in [0.2, 0.25) is 0 Å². The number of pyridine rings is 2. The monoisotopic (exact) mass is 577 g/mol. The Morgan fingerprint density at radius 1 is 1.14 bits per heavy atom. The lowest BCUT2D eigenvalue weighted by Gasteiger charge is -2.16. The van der Waals surface area contributed by atoms with Gasteiger partial charge in [0.05, 0.1) is 35.6 Å². The van der Waals surface area contributed by atoms with Gasteiger partial charge in [0.2, 0.25) is 11.9 Å². The number of allylic oxidation sites excluding steroid dienone is 1. The molecule has 0 radical (unpaired) electrons. The minimum Gasteiger partial charge on any atom is -0.403 e. The first-order valence-electron chi connectivity index (χ1n) is 13.6. The Kier molecular flexibility index (Phi) is 7.58. The molecule has 3 heterocycles. The Morgan fingerprint density at radius 3 is 2.74 bits per heavy atom. The van der Waals surface area contributed by atoms with Gasteiger partial charge in [-0.3, -0.25) is 19.3 Å². The van der Waals surface area contributed by atoms with Gasteiger partial charge in [-0.15, -0.1) is 0 Å². The average molecular weight is 578 g/mol. The Labute approximate surface area is 245 Å². The number of nitrogens with zero attached hydrogens (tertiary/aromatic N) is 6. The van der Waals surface area contributed by atoms with Gasteiger partial charge in [0.25, 0.3) is 5.56 Å². The molecule has 0 atom stereocenters.